The van der Waals surface area contributed by atoms with Gasteiger partial charge in [-0.15, -0.1) is 5.11 Å². The lowest BCUT2D eigenvalue weighted by molar-refractivity contribution is -0.387. The molecule has 0 saturated heterocycles. The van der Waals surface area contributed by atoms with E-state index in [1.54, 1.807) is 0 Å². The van der Waals surface area contributed by atoms with Crippen molar-refractivity contribution in [1.29, 1.82) is 5.53 Å². The van der Waals surface area contributed by atoms with Crippen molar-refractivity contribution < 1.29 is 36.0 Å². The minimum Gasteiger partial charge on any atom is -0.471 e. The number of nitro benzene ring substituents is 1. The zero-order chi connectivity index (χ0) is 24.6. The van der Waals surface area contributed by atoms with Crippen LogP contribution in [0.5, 0.6) is 11.5 Å². The largest absolute Gasteiger partial charge is 0.471 e. The van der Waals surface area contributed by atoms with Crippen molar-refractivity contribution in [2.45, 2.75) is 11.1 Å². The first kappa shape index (κ1) is 24.5. The number of halogens is 5. The summed E-state index contributed by atoms with van der Waals surface area (Å²) in [5, 5.41) is 13.4. The Labute approximate surface area is 193 Å². The maximum atomic E-state index is 13.1. The molecule has 0 saturated carbocycles. The van der Waals surface area contributed by atoms with Gasteiger partial charge in [-0.1, -0.05) is 23.2 Å². The fourth-order valence-electron chi connectivity index (χ4n) is 2.70. The zero-order valence-electron chi connectivity index (χ0n) is 15.9. The molecular formula is C18H10Cl2F3N3O6S. The van der Waals surface area contributed by atoms with Crippen molar-refractivity contribution >= 4 is 38.7 Å². The van der Waals surface area contributed by atoms with Crippen LogP contribution in [0.4, 0.5) is 18.9 Å². The van der Waals surface area contributed by atoms with Crippen LogP contribution < -0.4 is 4.74 Å². The van der Waals surface area contributed by atoms with E-state index in [4.69, 9.17) is 38.2 Å². The zero-order valence-corrected chi connectivity index (χ0v) is 18.2. The molecule has 0 fully saturated rings. The predicted octanol–water partition coefficient (Wildman–Crippen LogP) is 6.27. The highest BCUT2D eigenvalue weighted by Gasteiger charge is 2.34. The molecule has 0 unspecified atom stereocenters. The van der Waals surface area contributed by atoms with Gasteiger partial charge in [0.2, 0.25) is 9.84 Å². The highest BCUT2D eigenvalue weighted by Crippen LogP contribution is 2.43. The third-order valence-electron chi connectivity index (χ3n) is 4.15. The second-order valence-corrected chi connectivity index (χ2v) is 8.95. The number of hydrogen-bond acceptors (Lipinski definition) is 8. The van der Waals surface area contributed by atoms with Crippen LogP contribution in [-0.4, -0.2) is 19.9 Å². The van der Waals surface area contributed by atoms with E-state index in [0.29, 0.717) is 12.1 Å². The van der Waals surface area contributed by atoms with Gasteiger partial charge in [-0.2, -0.15) is 13.2 Å². The summed E-state index contributed by atoms with van der Waals surface area (Å²) < 4.78 is 75.3. The molecule has 0 atom stereocenters. The summed E-state index contributed by atoms with van der Waals surface area (Å²) in [7, 11) is -4.64. The highest BCUT2D eigenvalue weighted by molar-refractivity contribution is 7.95. The number of alkyl halides is 3. The molecule has 1 aliphatic rings. The molecule has 3 rings (SSSR count). The van der Waals surface area contributed by atoms with Crippen molar-refractivity contribution in [1.82, 2.24) is 0 Å². The molecule has 33 heavy (non-hydrogen) atoms. The molecule has 9 nitrogen and oxygen atoms in total. The maximum absolute atomic E-state index is 13.1. The minimum absolute atomic E-state index is 0.0626. The third-order valence-corrected chi connectivity index (χ3v) is 6.51. The quantitative estimate of drug-likeness (QED) is 0.269. The van der Waals surface area contributed by atoms with Crippen LogP contribution in [0.2, 0.25) is 10.0 Å². The van der Waals surface area contributed by atoms with Gasteiger partial charge in [0.1, 0.15) is 17.3 Å². The summed E-state index contributed by atoms with van der Waals surface area (Å²) in [5.74, 6) is -1.33. The van der Waals surface area contributed by atoms with Crippen LogP contribution in [0.15, 0.2) is 63.3 Å². The van der Waals surface area contributed by atoms with Gasteiger partial charge < -0.3 is 9.47 Å². The monoisotopic (exact) mass is 523 g/mol. The highest BCUT2D eigenvalue weighted by atomic mass is 35.5. The molecule has 2 aromatic rings. The first-order valence-electron chi connectivity index (χ1n) is 8.55. The molecule has 1 aliphatic heterocycles. The lowest BCUT2D eigenvalue weighted by Crippen LogP contribution is -2.12. The van der Waals surface area contributed by atoms with E-state index >= 15 is 0 Å². The summed E-state index contributed by atoms with van der Waals surface area (Å²) in [6.45, 7) is -0.0626. The first-order chi connectivity index (χ1) is 15.4. The van der Waals surface area contributed by atoms with E-state index in [1.807, 2.05) is 0 Å². The Bertz CT molecular complexity index is 1300. The van der Waals surface area contributed by atoms with E-state index in [1.165, 1.54) is 6.08 Å². The van der Waals surface area contributed by atoms with Crippen LogP contribution in [-0.2, 0) is 20.8 Å². The van der Waals surface area contributed by atoms with Crippen molar-refractivity contribution in [2.24, 2.45) is 5.11 Å². The van der Waals surface area contributed by atoms with Crippen molar-refractivity contribution in [3.63, 3.8) is 0 Å². The minimum atomic E-state index is -4.73. The van der Waals surface area contributed by atoms with Gasteiger partial charge in [0.15, 0.2) is 10.6 Å². The molecule has 0 amide bonds. The van der Waals surface area contributed by atoms with Crippen molar-refractivity contribution in [3.05, 3.63) is 79.0 Å². The molecule has 1 N–H and O–H groups in total. The van der Waals surface area contributed by atoms with Gasteiger partial charge >= 0.3 is 6.18 Å². The van der Waals surface area contributed by atoms with Crippen molar-refractivity contribution in [3.8, 4) is 11.5 Å². The van der Waals surface area contributed by atoms with E-state index in [0.717, 1.165) is 24.3 Å². The van der Waals surface area contributed by atoms with Gasteiger partial charge in [-0.05, 0) is 30.4 Å². The maximum Gasteiger partial charge on any atom is 0.416 e. The number of ether oxygens (including phenoxy) is 2. The van der Waals surface area contributed by atoms with E-state index in [2.05, 4.69) is 5.11 Å². The van der Waals surface area contributed by atoms with Crippen LogP contribution in [0, 0.1) is 15.6 Å². The second-order valence-electron chi connectivity index (χ2n) is 6.25. The summed E-state index contributed by atoms with van der Waals surface area (Å²) >= 11 is 11.7. The Morgan fingerprint density at radius 3 is 2.36 bits per heavy atom. The first-order valence-corrected chi connectivity index (χ1v) is 10.8. The van der Waals surface area contributed by atoms with Crippen LogP contribution in [0.25, 0.3) is 0 Å². The summed E-state index contributed by atoms with van der Waals surface area (Å²) in [6, 6.07) is 3.72. The Kier molecular flexibility index (Phi) is 6.68. The SMILES string of the molecule is N=NC1=C(S(=O)(=O)c2cc(Oc3c(Cl)cc(C(F)(F)F)cc3Cl)ccc2[N+](=O)[O-])C=CCO1. The molecular weight excluding hydrogens is 514 g/mol. The Balaban J connectivity index is 2.13. The molecule has 1 heterocycles. The number of nitrogens with zero attached hydrogens (tertiary/aromatic N) is 2. The van der Waals surface area contributed by atoms with Gasteiger partial charge in [-0.3, -0.25) is 10.1 Å². The summed E-state index contributed by atoms with van der Waals surface area (Å²) in [4.78, 5) is 9.04. The lowest BCUT2D eigenvalue weighted by atomic mass is 10.2. The predicted molar refractivity (Wildman–Crippen MR) is 109 cm³/mol. The second kappa shape index (κ2) is 9.00. The van der Waals surface area contributed by atoms with Crippen LogP contribution >= 0.6 is 23.2 Å². The lowest BCUT2D eigenvalue weighted by Gasteiger charge is -2.15. The third kappa shape index (κ3) is 4.94. The van der Waals surface area contributed by atoms with Gasteiger partial charge in [0.25, 0.3) is 11.6 Å². The van der Waals surface area contributed by atoms with Gasteiger partial charge in [0, 0.05) is 12.1 Å². The van der Waals surface area contributed by atoms with Crippen molar-refractivity contribution in [2.75, 3.05) is 6.61 Å². The number of rotatable bonds is 6. The molecule has 15 heteroatoms. The number of nitrogens with one attached hydrogen (secondary N) is 1. The van der Waals surface area contributed by atoms with Crippen LogP contribution in [0.3, 0.4) is 0 Å². The normalized spacial score (nSPS) is 14.1. The number of sulfone groups is 1. The fraction of sp³-hybridized carbons (Fsp3) is 0.111. The Morgan fingerprint density at radius 1 is 1.18 bits per heavy atom. The average molecular weight is 524 g/mol. The molecule has 0 aliphatic carbocycles. The molecule has 0 radical (unpaired) electrons. The molecule has 0 spiro atoms. The van der Waals surface area contributed by atoms with E-state index < -0.39 is 63.7 Å². The topological polar surface area (TPSA) is 132 Å². The Morgan fingerprint density at radius 2 is 1.82 bits per heavy atom. The van der Waals surface area contributed by atoms with Gasteiger partial charge in [-0.25, -0.2) is 13.9 Å². The van der Waals surface area contributed by atoms with Crippen LogP contribution in [0.1, 0.15) is 5.56 Å². The average Bonchev–Trinajstić information content (AvgIpc) is 2.75. The van der Waals surface area contributed by atoms with E-state index in [-0.39, 0.29) is 12.4 Å². The summed E-state index contributed by atoms with van der Waals surface area (Å²) in [5.41, 5.74) is 5.11. The van der Waals surface area contributed by atoms with Gasteiger partial charge in [0.05, 0.1) is 20.5 Å². The number of allylic oxidation sites excluding steroid dienone is 1. The molecule has 0 bridgehead atoms. The Hall–Kier alpha value is -3.16. The molecule has 2 aromatic carbocycles. The number of benzene rings is 2. The molecule has 0 aromatic heterocycles. The smallest absolute Gasteiger partial charge is 0.416 e. The van der Waals surface area contributed by atoms with E-state index in [9.17, 15) is 31.7 Å². The number of hydrogen-bond donors (Lipinski definition) is 1. The number of nitro groups is 1. The summed E-state index contributed by atoms with van der Waals surface area (Å²) in [6.07, 6.45) is -2.35. The molecule has 174 valence electrons. The fourth-order valence-corrected chi connectivity index (χ4v) is 4.80. The standard InChI is InChI=1S/C18H10Cl2F3N3O6S/c19-11-6-9(18(21,22)23)7-12(20)16(11)32-10-3-4-13(26(27)28)15(8-10)33(29,30)14-2-1-5-31-17(14)25-24/h1-4,6-8,24H,5H2.